The Kier molecular flexibility index (Phi) is 6.81. The van der Waals surface area contributed by atoms with Crippen LogP contribution in [0.1, 0.15) is 37.4 Å². The van der Waals surface area contributed by atoms with Crippen LogP contribution in [0.5, 0.6) is 0 Å². The van der Waals surface area contributed by atoms with Gasteiger partial charge in [0.1, 0.15) is 5.76 Å². The van der Waals surface area contributed by atoms with Crippen LogP contribution < -0.4 is 0 Å². The van der Waals surface area contributed by atoms with Crippen molar-refractivity contribution in [3.05, 3.63) is 81.4 Å². The summed E-state index contributed by atoms with van der Waals surface area (Å²) in [5.74, 6) is -1.88. The Morgan fingerprint density at radius 3 is 2.52 bits per heavy atom. The summed E-state index contributed by atoms with van der Waals surface area (Å²) in [4.78, 5) is 37.8. The quantitative estimate of drug-likeness (QED) is 0.172. The molecule has 0 spiro atoms. The molecule has 8 nitrogen and oxygen atoms in total. The number of nitro benzene ring substituents is 1. The van der Waals surface area contributed by atoms with Gasteiger partial charge in [-0.05, 0) is 25.8 Å². The van der Waals surface area contributed by atoms with Crippen LogP contribution in [-0.4, -0.2) is 45.9 Å². The molecule has 0 aromatic heterocycles. The molecule has 162 valence electrons. The summed E-state index contributed by atoms with van der Waals surface area (Å²) in [7, 11) is 0. The smallest absolute Gasteiger partial charge is 0.295 e. The van der Waals surface area contributed by atoms with Gasteiger partial charge in [0.15, 0.2) is 0 Å². The number of nitrogens with zero attached hydrogens (tertiary/aromatic N) is 2. The van der Waals surface area contributed by atoms with E-state index in [1.54, 1.807) is 36.4 Å². The van der Waals surface area contributed by atoms with E-state index in [9.17, 15) is 24.8 Å². The summed E-state index contributed by atoms with van der Waals surface area (Å²) < 4.78 is 5.53. The highest BCUT2D eigenvalue weighted by Gasteiger charge is 2.46. The van der Waals surface area contributed by atoms with Gasteiger partial charge in [0.25, 0.3) is 17.4 Å². The van der Waals surface area contributed by atoms with Crippen LogP contribution in [0.4, 0.5) is 5.69 Å². The second-order valence-electron chi connectivity index (χ2n) is 7.48. The number of hydrogen-bond donors (Lipinski definition) is 1. The zero-order chi connectivity index (χ0) is 22.5. The maximum absolute atomic E-state index is 12.9. The number of ketones is 1. The molecule has 1 aliphatic heterocycles. The molecule has 2 aromatic carbocycles. The van der Waals surface area contributed by atoms with Gasteiger partial charge in [0, 0.05) is 30.8 Å². The minimum absolute atomic E-state index is 0.0288. The van der Waals surface area contributed by atoms with Gasteiger partial charge in [-0.1, -0.05) is 42.5 Å². The van der Waals surface area contributed by atoms with Crippen molar-refractivity contribution in [2.24, 2.45) is 0 Å². The second kappa shape index (κ2) is 9.53. The van der Waals surface area contributed by atoms with Gasteiger partial charge in [-0.2, -0.15) is 0 Å². The van der Waals surface area contributed by atoms with E-state index in [0.717, 1.165) is 0 Å². The number of benzene rings is 2. The highest BCUT2D eigenvalue weighted by molar-refractivity contribution is 6.46. The van der Waals surface area contributed by atoms with Gasteiger partial charge in [-0.3, -0.25) is 19.7 Å². The Morgan fingerprint density at radius 2 is 1.87 bits per heavy atom. The molecule has 0 saturated carbocycles. The van der Waals surface area contributed by atoms with Crippen molar-refractivity contribution in [2.45, 2.75) is 32.4 Å². The monoisotopic (exact) mass is 424 g/mol. The third-order valence-corrected chi connectivity index (χ3v) is 4.98. The van der Waals surface area contributed by atoms with Crippen LogP contribution in [0.2, 0.25) is 0 Å². The van der Waals surface area contributed by atoms with Gasteiger partial charge in [0.05, 0.1) is 22.6 Å². The molecule has 0 aliphatic carbocycles. The standard InChI is InChI=1S/C23H24N2O6/c1-15(2)31-13-7-12-24-20(17-10-6-11-18(14-17)25(29)30)19(22(27)23(24)28)21(26)16-8-4-3-5-9-16/h3-6,8-11,14-15,20,26H,7,12-13H2,1-2H3/t20-/m0/s1. The molecule has 0 bridgehead atoms. The first-order valence-corrected chi connectivity index (χ1v) is 10.0. The molecule has 8 heteroatoms. The number of carbonyl (C=O) groups excluding carboxylic acids is 2. The molecule has 1 atom stereocenters. The van der Waals surface area contributed by atoms with Crippen LogP contribution in [0.3, 0.4) is 0 Å². The third kappa shape index (κ3) is 4.80. The van der Waals surface area contributed by atoms with Crippen LogP contribution in [0, 0.1) is 10.1 Å². The first kappa shape index (κ1) is 22.2. The number of carbonyl (C=O) groups is 2. The first-order valence-electron chi connectivity index (χ1n) is 10.0. The molecule has 1 heterocycles. The predicted octanol–water partition coefficient (Wildman–Crippen LogP) is 3.83. The average molecular weight is 424 g/mol. The van der Waals surface area contributed by atoms with Crippen molar-refractivity contribution in [3.63, 3.8) is 0 Å². The maximum atomic E-state index is 12.9. The Morgan fingerprint density at radius 1 is 1.16 bits per heavy atom. The van der Waals surface area contributed by atoms with E-state index in [1.807, 2.05) is 13.8 Å². The fourth-order valence-corrected chi connectivity index (χ4v) is 3.57. The average Bonchev–Trinajstić information content (AvgIpc) is 3.01. The van der Waals surface area contributed by atoms with Crippen molar-refractivity contribution < 1.29 is 24.4 Å². The summed E-state index contributed by atoms with van der Waals surface area (Å²) >= 11 is 0. The van der Waals surface area contributed by atoms with E-state index < -0.39 is 22.7 Å². The lowest BCUT2D eigenvalue weighted by molar-refractivity contribution is -0.384. The van der Waals surface area contributed by atoms with Gasteiger partial charge in [-0.15, -0.1) is 0 Å². The molecule has 2 aromatic rings. The molecule has 31 heavy (non-hydrogen) atoms. The van der Waals surface area contributed by atoms with Crippen molar-refractivity contribution in [3.8, 4) is 0 Å². The van der Waals surface area contributed by atoms with E-state index in [2.05, 4.69) is 0 Å². The minimum atomic E-state index is -0.931. The van der Waals surface area contributed by atoms with Gasteiger partial charge in [-0.25, -0.2) is 0 Å². The molecule has 0 radical (unpaired) electrons. The van der Waals surface area contributed by atoms with E-state index in [-0.39, 0.29) is 29.7 Å². The van der Waals surface area contributed by atoms with Gasteiger partial charge in [0.2, 0.25) is 0 Å². The number of ether oxygens (including phenoxy) is 1. The van der Waals surface area contributed by atoms with Crippen molar-refractivity contribution in [2.75, 3.05) is 13.2 Å². The Labute approximate surface area is 179 Å². The van der Waals surface area contributed by atoms with Crippen molar-refractivity contribution >= 4 is 23.1 Å². The molecule has 1 fully saturated rings. The fourth-order valence-electron chi connectivity index (χ4n) is 3.57. The molecular formula is C23H24N2O6. The molecule has 3 rings (SSSR count). The van der Waals surface area contributed by atoms with Gasteiger partial charge < -0.3 is 14.7 Å². The van der Waals surface area contributed by atoms with Crippen LogP contribution in [0.25, 0.3) is 5.76 Å². The highest BCUT2D eigenvalue weighted by atomic mass is 16.6. The molecule has 1 saturated heterocycles. The van der Waals surface area contributed by atoms with Crippen LogP contribution >= 0.6 is 0 Å². The largest absolute Gasteiger partial charge is 0.507 e. The Hall–Kier alpha value is -3.52. The first-order chi connectivity index (χ1) is 14.8. The SMILES string of the molecule is CC(C)OCCCN1C(=O)C(=O)C(=C(O)c2ccccc2)[C@@H]1c1cccc([N+](=O)[O-])c1. The summed E-state index contributed by atoms with van der Waals surface area (Å²) in [6, 6.07) is 13.3. The van der Waals surface area contributed by atoms with Crippen molar-refractivity contribution in [1.29, 1.82) is 0 Å². The number of nitro groups is 1. The van der Waals surface area contributed by atoms with E-state index in [0.29, 0.717) is 24.2 Å². The second-order valence-corrected chi connectivity index (χ2v) is 7.48. The fraction of sp³-hybridized carbons (Fsp3) is 0.304. The summed E-state index contributed by atoms with van der Waals surface area (Å²) in [5, 5.41) is 22.2. The van der Waals surface area contributed by atoms with Crippen LogP contribution in [-0.2, 0) is 14.3 Å². The summed E-state index contributed by atoms with van der Waals surface area (Å²) in [6.07, 6.45) is 0.503. The normalized spacial score (nSPS) is 18.0. The number of non-ortho nitro benzene ring substituents is 1. The third-order valence-electron chi connectivity index (χ3n) is 4.98. The molecular weight excluding hydrogens is 400 g/mol. The van der Waals surface area contributed by atoms with E-state index in [4.69, 9.17) is 4.74 Å². The lowest BCUT2D eigenvalue weighted by atomic mass is 9.95. The zero-order valence-electron chi connectivity index (χ0n) is 17.4. The summed E-state index contributed by atoms with van der Waals surface area (Å²) in [5.41, 5.74) is 0.530. The van der Waals surface area contributed by atoms with E-state index >= 15 is 0 Å². The lowest BCUT2D eigenvalue weighted by Crippen LogP contribution is -2.31. The summed E-state index contributed by atoms with van der Waals surface area (Å²) in [6.45, 7) is 4.39. The Bertz CT molecular complexity index is 1020. The minimum Gasteiger partial charge on any atom is -0.507 e. The number of Topliss-reactive ketones (excluding diaryl/α,β-unsaturated/α-hetero) is 1. The van der Waals surface area contributed by atoms with Crippen LogP contribution in [0.15, 0.2) is 60.2 Å². The van der Waals surface area contributed by atoms with Crippen molar-refractivity contribution in [1.82, 2.24) is 4.90 Å². The predicted molar refractivity (Wildman–Crippen MR) is 114 cm³/mol. The number of aliphatic hydroxyl groups excluding tert-OH is 1. The topological polar surface area (TPSA) is 110 Å². The molecule has 1 N–H and O–H groups in total. The van der Waals surface area contributed by atoms with Gasteiger partial charge >= 0.3 is 0 Å². The molecule has 0 unspecified atom stereocenters. The molecule has 1 amide bonds. The molecule has 1 aliphatic rings. The van der Waals surface area contributed by atoms with E-state index in [1.165, 1.54) is 23.1 Å². The Balaban J connectivity index is 2.06. The number of rotatable bonds is 8. The zero-order valence-corrected chi connectivity index (χ0v) is 17.4. The number of hydrogen-bond acceptors (Lipinski definition) is 6. The number of aliphatic hydroxyl groups is 1. The number of likely N-dealkylation sites (tertiary alicyclic amines) is 1. The maximum Gasteiger partial charge on any atom is 0.295 e. The lowest BCUT2D eigenvalue weighted by Gasteiger charge is -2.25. The highest BCUT2D eigenvalue weighted by Crippen LogP contribution is 2.40. The number of amides is 1.